The van der Waals surface area contributed by atoms with Crippen LogP contribution in [-0.2, 0) is 13.3 Å². The molecule has 1 aromatic heterocycles. The Morgan fingerprint density at radius 1 is 0.875 bits per heavy atom. The molecule has 0 saturated heterocycles. The lowest BCUT2D eigenvalue weighted by Gasteiger charge is -2.34. The number of rotatable bonds is 19. The molecule has 0 amide bonds. The molecule has 1 atom stereocenters. The van der Waals surface area contributed by atoms with Crippen LogP contribution in [0.2, 0.25) is 5.54 Å². The molecule has 2 rings (SSSR count). The third kappa shape index (κ3) is 10.7. The molecule has 4 nitrogen and oxygen atoms in total. The molecule has 0 aliphatic carbocycles. The summed E-state index contributed by atoms with van der Waals surface area (Å²) < 4.78 is 21.1. The SMILES string of the molecule is CCCO[Si](OCCC)(OCCC)C(C)CSSSSSSSc1nc2ccccc2s1. The molecule has 0 spiro atoms. The number of hydrogen-bond donors (Lipinski definition) is 0. The molecule has 13 heteroatoms. The average molecular weight is 606 g/mol. The van der Waals surface area contributed by atoms with Gasteiger partial charge < -0.3 is 13.3 Å². The number of nitrogens with zero attached hydrogens (tertiary/aromatic N) is 1. The average Bonchev–Trinajstić information content (AvgIpc) is 3.23. The van der Waals surface area contributed by atoms with Crippen LogP contribution in [0.1, 0.15) is 47.0 Å². The largest absolute Gasteiger partial charge is 0.504 e. The number of thiazole rings is 1. The van der Waals surface area contributed by atoms with Gasteiger partial charge in [-0.3, -0.25) is 0 Å². The fourth-order valence-electron chi connectivity index (χ4n) is 2.50. The number of hydrogen-bond acceptors (Lipinski definition) is 12. The lowest BCUT2D eigenvalue weighted by atomic mass is 10.3. The van der Waals surface area contributed by atoms with E-state index in [4.69, 9.17) is 13.3 Å². The standard InChI is InChI=1S/C19H31NO3S8Si/c1-5-12-21-32(22-13-6-2,23-14-7-3)16(4)15-24-27-29-31-30-28-26-19-20-17-10-8-9-11-18(17)25-19/h8-11,16H,5-7,12-15H2,1-4H3. The molecule has 0 saturated carbocycles. The Bertz CT molecular complexity index is 701. The monoisotopic (exact) mass is 605 g/mol. The Kier molecular flexibility index (Phi) is 16.8. The third-order valence-corrected chi connectivity index (χ3v) is 21.9. The lowest BCUT2D eigenvalue weighted by Crippen LogP contribution is -2.50. The first-order valence-electron chi connectivity index (χ1n) is 10.5. The number of benzene rings is 1. The Balaban J connectivity index is 1.66. The zero-order chi connectivity index (χ0) is 23.1. The Morgan fingerprint density at radius 3 is 2.09 bits per heavy atom. The topological polar surface area (TPSA) is 40.6 Å². The van der Waals surface area contributed by atoms with E-state index in [1.165, 1.54) is 4.70 Å². The summed E-state index contributed by atoms with van der Waals surface area (Å²) >= 11 is 1.75. The van der Waals surface area contributed by atoms with Crippen LogP contribution in [0.4, 0.5) is 0 Å². The van der Waals surface area contributed by atoms with E-state index >= 15 is 0 Å². The molecule has 0 N–H and O–H groups in total. The summed E-state index contributed by atoms with van der Waals surface area (Å²) in [7, 11) is 9.88. The highest BCUT2D eigenvalue weighted by Gasteiger charge is 2.47. The van der Waals surface area contributed by atoms with Gasteiger partial charge in [0.25, 0.3) is 0 Å². The van der Waals surface area contributed by atoms with Crippen molar-refractivity contribution in [2.24, 2.45) is 0 Å². The van der Waals surface area contributed by atoms with Crippen molar-refractivity contribution < 1.29 is 13.3 Å². The van der Waals surface area contributed by atoms with Crippen molar-refractivity contribution in [3.05, 3.63) is 24.3 Å². The van der Waals surface area contributed by atoms with Gasteiger partial charge in [-0.25, -0.2) is 4.98 Å². The van der Waals surface area contributed by atoms with E-state index in [0.717, 1.165) is 34.9 Å². The van der Waals surface area contributed by atoms with Gasteiger partial charge in [-0.1, -0.05) is 50.6 Å². The first-order chi connectivity index (χ1) is 15.6. The van der Waals surface area contributed by atoms with Gasteiger partial charge >= 0.3 is 8.80 Å². The maximum absolute atomic E-state index is 6.26. The molecule has 0 aliphatic rings. The normalized spacial score (nSPS) is 13.1. The van der Waals surface area contributed by atoms with Crippen LogP contribution in [0.3, 0.4) is 0 Å². The highest BCUT2D eigenvalue weighted by Crippen LogP contribution is 2.57. The van der Waals surface area contributed by atoms with Crippen LogP contribution in [-0.4, -0.2) is 39.4 Å². The van der Waals surface area contributed by atoms with Crippen molar-refractivity contribution in [3.8, 4) is 0 Å². The third-order valence-electron chi connectivity index (χ3n) is 3.98. The summed E-state index contributed by atoms with van der Waals surface area (Å²) in [4.78, 5) is 4.66. The van der Waals surface area contributed by atoms with Gasteiger partial charge in [-0.2, -0.15) is 0 Å². The predicted octanol–water partition coefficient (Wildman–Crippen LogP) is 9.89. The quantitative estimate of drug-likeness (QED) is 0.0872. The second kappa shape index (κ2) is 18.0. The highest BCUT2D eigenvalue weighted by molar-refractivity contribution is 9.46. The molecule has 1 heterocycles. The zero-order valence-corrected chi connectivity index (χ0v) is 26.3. The number of para-hydroxylation sites is 1. The summed E-state index contributed by atoms with van der Waals surface area (Å²) in [6.07, 6.45) is 2.93. The van der Waals surface area contributed by atoms with Crippen molar-refractivity contribution in [3.63, 3.8) is 0 Å². The van der Waals surface area contributed by atoms with Gasteiger partial charge in [-0.15, -0.1) is 11.3 Å². The van der Waals surface area contributed by atoms with Crippen LogP contribution in [0.5, 0.6) is 0 Å². The molecule has 0 fully saturated rings. The molecule has 1 unspecified atom stereocenters. The molecular weight excluding hydrogens is 575 g/mol. The van der Waals surface area contributed by atoms with Crippen LogP contribution >= 0.6 is 82.1 Å². The molecule has 32 heavy (non-hydrogen) atoms. The van der Waals surface area contributed by atoms with Gasteiger partial charge in [0.2, 0.25) is 0 Å². The number of fused-ring (bicyclic) bond motifs is 1. The van der Waals surface area contributed by atoms with E-state index in [0.29, 0.717) is 19.8 Å². The van der Waals surface area contributed by atoms with Crippen LogP contribution in [0.25, 0.3) is 10.2 Å². The van der Waals surface area contributed by atoms with Gasteiger partial charge in [0, 0.05) is 31.1 Å². The second-order valence-corrected chi connectivity index (χ2v) is 22.2. The van der Waals surface area contributed by atoms with Crippen molar-refractivity contribution in [2.45, 2.75) is 56.8 Å². The van der Waals surface area contributed by atoms with E-state index in [9.17, 15) is 0 Å². The van der Waals surface area contributed by atoms with Crippen molar-refractivity contribution in [1.82, 2.24) is 4.98 Å². The maximum Gasteiger partial charge on any atom is 0.504 e. The minimum Gasteiger partial charge on any atom is -0.373 e. The number of aromatic nitrogens is 1. The van der Waals surface area contributed by atoms with Crippen molar-refractivity contribution in [2.75, 3.05) is 25.6 Å². The van der Waals surface area contributed by atoms with Gasteiger partial charge in [-0.05, 0) is 91.3 Å². The summed E-state index contributed by atoms with van der Waals surface area (Å²) in [5, 5.41) is 0. The lowest BCUT2D eigenvalue weighted by molar-refractivity contribution is 0.0529. The van der Waals surface area contributed by atoms with E-state index in [2.05, 4.69) is 50.9 Å². The molecule has 1 aromatic carbocycles. The van der Waals surface area contributed by atoms with Gasteiger partial charge in [0.15, 0.2) is 4.34 Å². The summed E-state index contributed by atoms with van der Waals surface area (Å²) in [5.74, 6) is 0.958. The fraction of sp³-hybridized carbons (Fsp3) is 0.632. The van der Waals surface area contributed by atoms with E-state index in [1.807, 2.05) is 26.7 Å². The predicted molar refractivity (Wildman–Crippen MR) is 160 cm³/mol. The van der Waals surface area contributed by atoms with E-state index < -0.39 is 8.80 Å². The molecule has 0 aliphatic heterocycles. The molecule has 0 radical (unpaired) electrons. The Hall–Kier alpha value is 1.66. The van der Waals surface area contributed by atoms with Crippen LogP contribution in [0, 0.1) is 0 Å². The van der Waals surface area contributed by atoms with E-state index in [1.54, 1.807) is 61.4 Å². The van der Waals surface area contributed by atoms with Crippen molar-refractivity contribution in [1.29, 1.82) is 0 Å². The summed E-state index contributed by atoms with van der Waals surface area (Å²) in [6, 6.07) is 8.29. The van der Waals surface area contributed by atoms with Gasteiger partial charge in [0.05, 0.1) is 10.2 Å². The van der Waals surface area contributed by atoms with Crippen LogP contribution < -0.4 is 0 Å². The maximum atomic E-state index is 6.26. The first kappa shape index (κ1) is 29.9. The fourth-order valence-corrected chi connectivity index (χ4v) is 22.1. The zero-order valence-electron chi connectivity index (χ0n) is 18.8. The molecular formula is C19H31NO3S8Si. The van der Waals surface area contributed by atoms with Crippen LogP contribution in [0.15, 0.2) is 28.6 Å². The first-order valence-corrected chi connectivity index (χ1v) is 22.2. The Labute approximate surface area is 224 Å². The van der Waals surface area contributed by atoms with Gasteiger partial charge in [0.1, 0.15) is 0 Å². The van der Waals surface area contributed by atoms with E-state index in [-0.39, 0.29) is 5.54 Å². The second-order valence-electron chi connectivity index (χ2n) is 6.71. The smallest absolute Gasteiger partial charge is 0.373 e. The summed E-state index contributed by atoms with van der Waals surface area (Å²) in [5.41, 5.74) is 1.36. The molecule has 182 valence electrons. The molecule has 0 bridgehead atoms. The summed E-state index contributed by atoms with van der Waals surface area (Å²) in [6.45, 7) is 10.7. The Morgan fingerprint density at radius 2 is 1.47 bits per heavy atom. The highest BCUT2D eigenvalue weighted by atomic mass is 33.9. The molecule has 2 aromatic rings. The minimum atomic E-state index is -2.66. The minimum absolute atomic E-state index is 0.270. The van der Waals surface area contributed by atoms with Crippen molar-refractivity contribution >= 4 is 101 Å².